The van der Waals surface area contributed by atoms with Crippen molar-refractivity contribution in [1.82, 2.24) is 10.3 Å². The number of thiocarbonyl (C=S) groups is 1. The van der Waals surface area contributed by atoms with Gasteiger partial charge in [0.1, 0.15) is 5.52 Å². The van der Waals surface area contributed by atoms with Crippen molar-refractivity contribution in [1.29, 1.82) is 0 Å². The lowest BCUT2D eigenvalue weighted by Crippen LogP contribution is -2.34. The molecule has 0 radical (unpaired) electrons. The molecular formula is C21H17N3O3S. The van der Waals surface area contributed by atoms with Crippen molar-refractivity contribution in [2.75, 3.05) is 5.32 Å². The van der Waals surface area contributed by atoms with Gasteiger partial charge >= 0.3 is 0 Å². The van der Waals surface area contributed by atoms with Crippen molar-refractivity contribution in [2.45, 2.75) is 13.8 Å². The number of hydrogen-bond donors (Lipinski definition) is 2. The molecule has 2 N–H and O–H groups in total. The molecule has 0 saturated heterocycles. The van der Waals surface area contributed by atoms with E-state index in [9.17, 15) is 4.79 Å². The van der Waals surface area contributed by atoms with E-state index in [-0.39, 0.29) is 10.9 Å². The molecule has 0 spiro atoms. The van der Waals surface area contributed by atoms with Crippen LogP contribution < -0.4 is 10.6 Å². The van der Waals surface area contributed by atoms with Crippen molar-refractivity contribution in [2.24, 2.45) is 0 Å². The van der Waals surface area contributed by atoms with E-state index < -0.39 is 5.91 Å². The molecule has 0 unspecified atom stereocenters. The number of amides is 1. The zero-order valence-electron chi connectivity index (χ0n) is 15.3. The molecule has 28 heavy (non-hydrogen) atoms. The first-order chi connectivity index (χ1) is 13.5. The lowest BCUT2D eigenvalue weighted by Gasteiger charge is -2.13. The largest absolute Gasteiger partial charge is 0.459 e. The lowest BCUT2D eigenvalue weighted by molar-refractivity contribution is 0.0950. The molecule has 0 bridgehead atoms. The number of carbonyl (C=O) groups is 1. The Kier molecular flexibility index (Phi) is 4.67. The molecule has 0 fully saturated rings. The van der Waals surface area contributed by atoms with E-state index in [1.54, 1.807) is 12.1 Å². The van der Waals surface area contributed by atoms with E-state index in [0.717, 1.165) is 33.5 Å². The van der Waals surface area contributed by atoms with Gasteiger partial charge < -0.3 is 14.2 Å². The maximum atomic E-state index is 12.0. The van der Waals surface area contributed by atoms with Crippen LogP contribution in [-0.2, 0) is 0 Å². The summed E-state index contributed by atoms with van der Waals surface area (Å²) in [5, 5.41) is 5.81. The summed E-state index contributed by atoms with van der Waals surface area (Å²) in [5.74, 6) is 0.314. The van der Waals surface area contributed by atoms with Gasteiger partial charge in [-0.25, -0.2) is 4.98 Å². The Bertz CT molecular complexity index is 1180. The first kappa shape index (κ1) is 17.9. The number of furan rings is 1. The monoisotopic (exact) mass is 391 g/mol. The van der Waals surface area contributed by atoms with Gasteiger partial charge in [0.15, 0.2) is 16.5 Å². The Balaban J connectivity index is 1.57. The summed E-state index contributed by atoms with van der Waals surface area (Å²) in [6.45, 7) is 3.95. The van der Waals surface area contributed by atoms with Crippen LogP contribution in [0, 0.1) is 13.8 Å². The van der Waals surface area contributed by atoms with Crippen molar-refractivity contribution in [3.63, 3.8) is 0 Å². The number of nitrogens with one attached hydrogen (secondary N) is 2. The molecule has 0 aliphatic heterocycles. The highest BCUT2D eigenvalue weighted by Crippen LogP contribution is 2.30. The standard InChI is InChI=1S/C21H17N3O3S/c1-12-8-9-17-16(11-12)22-20(27-17)14-5-3-6-15(13(14)2)23-21(28)24-19(25)18-7-4-10-26-18/h3-11H,1-2H3,(H2,23,24,25,28). The lowest BCUT2D eigenvalue weighted by atomic mass is 10.1. The van der Waals surface area contributed by atoms with Gasteiger partial charge in [0.2, 0.25) is 5.89 Å². The molecule has 6 nitrogen and oxygen atoms in total. The summed E-state index contributed by atoms with van der Waals surface area (Å²) in [6.07, 6.45) is 1.43. The molecule has 4 aromatic rings. The first-order valence-corrected chi connectivity index (χ1v) is 9.05. The van der Waals surface area contributed by atoms with Crippen LogP contribution >= 0.6 is 12.2 Å². The molecule has 0 saturated carbocycles. The summed E-state index contributed by atoms with van der Waals surface area (Å²) in [7, 11) is 0. The molecule has 2 aromatic heterocycles. The van der Waals surface area contributed by atoms with Gasteiger partial charge in [0, 0.05) is 11.3 Å². The van der Waals surface area contributed by atoms with Crippen LogP contribution in [0.1, 0.15) is 21.7 Å². The van der Waals surface area contributed by atoms with Crippen LogP contribution in [0.3, 0.4) is 0 Å². The summed E-state index contributed by atoms with van der Waals surface area (Å²) < 4.78 is 11.0. The molecule has 2 aromatic carbocycles. The number of aromatic nitrogens is 1. The Morgan fingerprint density at radius 3 is 2.75 bits per heavy atom. The number of anilines is 1. The maximum Gasteiger partial charge on any atom is 0.293 e. The van der Waals surface area contributed by atoms with Crippen molar-refractivity contribution < 1.29 is 13.6 Å². The Morgan fingerprint density at radius 1 is 1.11 bits per heavy atom. The molecule has 0 atom stereocenters. The normalized spacial score (nSPS) is 10.8. The van der Waals surface area contributed by atoms with E-state index in [1.807, 2.05) is 50.2 Å². The van der Waals surface area contributed by atoms with Crippen LogP contribution in [0.2, 0.25) is 0 Å². The number of nitrogens with zero attached hydrogens (tertiary/aromatic N) is 1. The minimum atomic E-state index is -0.411. The molecule has 2 heterocycles. The minimum absolute atomic E-state index is 0.176. The van der Waals surface area contributed by atoms with Gasteiger partial charge in [-0.2, -0.15) is 0 Å². The predicted octanol–water partition coefficient (Wildman–Crippen LogP) is 4.83. The van der Waals surface area contributed by atoms with Crippen LogP contribution in [0.5, 0.6) is 0 Å². The van der Waals surface area contributed by atoms with Crippen LogP contribution in [0.4, 0.5) is 5.69 Å². The maximum absolute atomic E-state index is 12.0. The quantitative estimate of drug-likeness (QED) is 0.487. The van der Waals surface area contributed by atoms with Gasteiger partial charge in [-0.3, -0.25) is 10.1 Å². The molecule has 1 amide bonds. The number of carbonyl (C=O) groups excluding carboxylic acids is 1. The Morgan fingerprint density at radius 2 is 1.96 bits per heavy atom. The zero-order valence-corrected chi connectivity index (χ0v) is 16.1. The van der Waals surface area contributed by atoms with Gasteiger partial charge in [0.25, 0.3) is 5.91 Å². The fraction of sp³-hybridized carbons (Fsp3) is 0.0952. The van der Waals surface area contributed by atoms with Crippen molar-refractivity contribution in [3.05, 3.63) is 71.7 Å². The smallest absolute Gasteiger partial charge is 0.293 e. The second-order valence-electron chi connectivity index (χ2n) is 6.35. The number of oxazole rings is 1. The Labute approximate surface area is 166 Å². The molecule has 0 aliphatic rings. The third-order valence-corrected chi connectivity index (χ3v) is 4.53. The summed E-state index contributed by atoms with van der Waals surface area (Å²) >= 11 is 5.25. The number of rotatable bonds is 3. The average Bonchev–Trinajstić information content (AvgIpc) is 3.32. The summed E-state index contributed by atoms with van der Waals surface area (Å²) in [4.78, 5) is 16.6. The summed E-state index contributed by atoms with van der Waals surface area (Å²) in [5.41, 5.74) is 5.17. The molecular weight excluding hydrogens is 374 g/mol. The SMILES string of the molecule is Cc1ccc2oc(-c3cccc(NC(=S)NC(=O)c4ccco4)c3C)nc2c1. The van der Waals surface area contributed by atoms with E-state index in [0.29, 0.717) is 5.89 Å². The third-order valence-electron chi connectivity index (χ3n) is 4.33. The first-order valence-electron chi connectivity index (χ1n) is 8.64. The van der Waals surface area contributed by atoms with Gasteiger partial charge in [0.05, 0.1) is 6.26 Å². The minimum Gasteiger partial charge on any atom is -0.459 e. The average molecular weight is 391 g/mol. The predicted molar refractivity (Wildman–Crippen MR) is 111 cm³/mol. The van der Waals surface area contributed by atoms with Crippen molar-refractivity contribution in [3.8, 4) is 11.5 Å². The van der Waals surface area contributed by atoms with E-state index in [2.05, 4.69) is 15.6 Å². The molecule has 0 aliphatic carbocycles. The highest BCUT2D eigenvalue weighted by atomic mass is 32.1. The highest BCUT2D eigenvalue weighted by Gasteiger charge is 2.15. The van der Waals surface area contributed by atoms with E-state index >= 15 is 0 Å². The second kappa shape index (κ2) is 7.28. The molecule has 4 rings (SSSR count). The van der Waals surface area contributed by atoms with Gasteiger partial charge in [-0.15, -0.1) is 0 Å². The van der Waals surface area contributed by atoms with Gasteiger partial charge in [-0.1, -0.05) is 12.1 Å². The molecule has 140 valence electrons. The van der Waals surface area contributed by atoms with Gasteiger partial charge in [-0.05, 0) is 73.6 Å². The zero-order chi connectivity index (χ0) is 19.7. The number of fused-ring (bicyclic) bond motifs is 1. The second-order valence-corrected chi connectivity index (χ2v) is 6.76. The van der Waals surface area contributed by atoms with Crippen LogP contribution in [0.25, 0.3) is 22.6 Å². The van der Waals surface area contributed by atoms with Crippen LogP contribution in [-0.4, -0.2) is 16.0 Å². The van der Waals surface area contributed by atoms with E-state index in [1.165, 1.54) is 6.26 Å². The number of benzene rings is 2. The third kappa shape index (κ3) is 3.52. The summed E-state index contributed by atoms with van der Waals surface area (Å²) in [6, 6.07) is 14.8. The van der Waals surface area contributed by atoms with E-state index in [4.69, 9.17) is 21.1 Å². The molecule has 7 heteroatoms. The Hall–Kier alpha value is -3.45. The fourth-order valence-corrected chi connectivity index (χ4v) is 3.08. The van der Waals surface area contributed by atoms with Crippen LogP contribution in [0.15, 0.2) is 63.6 Å². The number of hydrogen-bond acceptors (Lipinski definition) is 5. The van der Waals surface area contributed by atoms with Crippen molar-refractivity contribution >= 4 is 40.0 Å². The number of aryl methyl sites for hydroxylation is 1. The fourth-order valence-electron chi connectivity index (χ4n) is 2.88. The highest BCUT2D eigenvalue weighted by molar-refractivity contribution is 7.80. The topological polar surface area (TPSA) is 80.3 Å².